The zero-order valence-electron chi connectivity index (χ0n) is 13.6. The summed E-state index contributed by atoms with van der Waals surface area (Å²) >= 11 is 0. The standard InChI is InChI=1S/C17H18FN3O3/c1-11(22)19-5-7-20(8-6-19)17(24)15-10-21(12(2)23)16-4-3-13(18)9-14(15)16/h3-4,9-10H,5-8H2,1-2H3. The van der Waals surface area contributed by atoms with Crippen molar-refractivity contribution in [1.29, 1.82) is 0 Å². The van der Waals surface area contributed by atoms with Crippen LogP contribution in [0, 0.1) is 5.82 Å². The second kappa shape index (κ2) is 6.07. The van der Waals surface area contributed by atoms with E-state index in [1.807, 2.05) is 0 Å². The van der Waals surface area contributed by atoms with Crippen molar-refractivity contribution in [1.82, 2.24) is 14.4 Å². The van der Waals surface area contributed by atoms with Crippen LogP contribution in [0.1, 0.15) is 29.0 Å². The van der Waals surface area contributed by atoms with Crippen molar-refractivity contribution >= 4 is 28.6 Å². The Labute approximate surface area is 138 Å². The second-order valence-electron chi connectivity index (χ2n) is 5.89. The Morgan fingerprint density at radius 3 is 2.17 bits per heavy atom. The van der Waals surface area contributed by atoms with Crippen LogP contribution in [0.5, 0.6) is 0 Å². The minimum Gasteiger partial charge on any atom is -0.339 e. The van der Waals surface area contributed by atoms with E-state index in [-0.39, 0.29) is 17.7 Å². The van der Waals surface area contributed by atoms with E-state index < -0.39 is 5.82 Å². The van der Waals surface area contributed by atoms with Gasteiger partial charge in [-0.25, -0.2) is 4.39 Å². The van der Waals surface area contributed by atoms with Crippen molar-refractivity contribution in [3.63, 3.8) is 0 Å². The molecule has 0 saturated carbocycles. The van der Waals surface area contributed by atoms with Crippen molar-refractivity contribution in [2.75, 3.05) is 26.2 Å². The van der Waals surface area contributed by atoms with Gasteiger partial charge in [-0.05, 0) is 18.2 Å². The fourth-order valence-electron chi connectivity index (χ4n) is 3.03. The summed E-state index contributed by atoms with van der Waals surface area (Å²) in [5, 5.41) is 0.421. The van der Waals surface area contributed by atoms with Crippen LogP contribution in [0.4, 0.5) is 4.39 Å². The summed E-state index contributed by atoms with van der Waals surface area (Å²) in [6.07, 6.45) is 1.46. The maximum Gasteiger partial charge on any atom is 0.256 e. The number of hydrogen-bond donors (Lipinski definition) is 0. The quantitative estimate of drug-likeness (QED) is 0.800. The highest BCUT2D eigenvalue weighted by molar-refractivity contribution is 6.09. The van der Waals surface area contributed by atoms with E-state index in [0.717, 1.165) is 0 Å². The summed E-state index contributed by atoms with van der Waals surface area (Å²) in [5.41, 5.74) is 0.811. The third kappa shape index (κ3) is 2.77. The van der Waals surface area contributed by atoms with Gasteiger partial charge in [-0.1, -0.05) is 0 Å². The van der Waals surface area contributed by atoms with E-state index >= 15 is 0 Å². The Morgan fingerprint density at radius 2 is 1.58 bits per heavy atom. The highest BCUT2D eigenvalue weighted by Crippen LogP contribution is 2.24. The SMILES string of the molecule is CC(=O)N1CCN(C(=O)c2cn(C(C)=O)c3ccc(F)cc23)CC1. The molecule has 24 heavy (non-hydrogen) atoms. The predicted molar refractivity (Wildman–Crippen MR) is 86.4 cm³/mol. The molecule has 0 bridgehead atoms. The van der Waals surface area contributed by atoms with Gasteiger partial charge in [-0.15, -0.1) is 0 Å². The van der Waals surface area contributed by atoms with Gasteiger partial charge in [-0.2, -0.15) is 0 Å². The number of aromatic nitrogens is 1. The van der Waals surface area contributed by atoms with Crippen molar-refractivity contribution in [2.24, 2.45) is 0 Å². The second-order valence-corrected chi connectivity index (χ2v) is 5.89. The molecule has 2 heterocycles. The predicted octanol–water partition coefficient (Wildman–Crippen LogP) is 1.74. The molecule has 3 rings (SSSR count). The van der Waals surface area contributed by atoms with Crippen LogP contribution in [0.2, 0.25) is 0 Å². The van der Waals surface area contributed by atoms with Crippen molar-refractivity contribution in [3.05, 3.63) is 35.8 Å². The van der Waals surface area contributed by atoms with Crippen LogP contribution >= 0.6 is 0 Å². The van der Waals surface area contributed by atoms with E-state index in [1.54, 1.807) is 9.80 Å². The minimum atomic E-state index is -0.459. The first-order valence-electron chi connectivity index (χ1n) is 7.75. The van der Waals surface area contributed by atoms with Gasteiger partial charge in [0.2, 0.25) is 11.8 Å². The molecule has 1 saturated heterocycles. The molecular formula is C17H18FN3O3. The van der Waals surface area contributed by atoms with E-state index in [9.17, 15) is 18.8 Å². The highest BCUT2D eigenvalue weighted by atomic mass is 19.1. The summed E-state index contributed by atoms with van der Waals surface area (Å²) in [7, 11) is 0. The fraction of sp³-hybridized carbons (Fsp3) is 0.353. The first-order valence-corrected chi connectivity index (χ1v) is 7.75. The Hall–Kier alpha value is -2.70. The molecule has 0 atom stereocenters. The molecule has 0 spiro atoms. The van der Waals surface area contributed by atoms with E-state index in [1.165, 1.54) is 42.8 Å². The zero-order chi connectivity index (χ0) is 17.4. The van der Waals surface area contributed by atoms with Gasteiger partial charge in [0.15, 0.2) is 0 Å². The van der Waals surface area contributed by atoms with Crippen LogP contribution in [-0.2, 0) is 4.79 Å². The summed E-state index contributed by atoms with van der Waals surface area (Å²) in [6, 6.07) is 4.03. The molecule has 1 fully saturated rings. The number of benzene rings is 1. The van der Waals surface area contributed by atoms with Crippen molar-refractivity contribution in [2.45, 2.75) is 13.8 Å². The number of fused-ring (bicyclic) bond motifs is 1. The lowest BCUT2D eigenvalue weighted by atomic mass is 10.1. The Balaban J connectivity index is 1.94. The number of halogens is 1. The van der Waals surface area contributed by atoms with Gasteiger partial charge in [0, 0.05) is 51.6 Å². The molecule has 0 N–H and O–H groups in total. The lowest BCUT2D eigenvalue weighted by Crippen LogP contribution is -2.50. The van der Waals surface area contributed by atoms with Crippen LogP contribution in [0.15, 0.2) is 24.4 Å². The third-order valence-corrected chi connectivity index (χ3v) is 4.35. The average Bonchev–Trinajstić information content (AvgIpc) is 2.93. The highest BCUT2D eigenvalue weighted by Gasteiger charge is 2.26. The number of nitrogens with zero attached hydrogens (tertiary/aromatic N) is 3. The summed E-state index contributed by atoms with van der Waals surface area (Å²) < 4.78 is 15.0. The zero-order valence-corrected chi connectivity index (χ0v) is 13.6. The van der Waals surface area contributed by atoms with Gasteiger partial charge >= 0.3 is 0 Å². The molecule has 7 heteroatoms. The average molecular weight is 331 g/mol. The summed E-state index contributed by atoms with van der Waals surface area (Å²) in [5.74, 6) is -0.975. The number of piperazine rings is 1. The number of carbonyl (C=O) groups is 3. The largest absolute Gasteiger partial charge is 0.339 e. The minimum absolute atomic E-state index is 0.0163. The molecule has 2 amide bonds. The Morgan fingerprint density at radius 1 is 0.958 bits per heavy atom. The number of rotatable bonds is 1. The van der Waals surface area contributed by atoms with Crippen LogP contribution in [0.3, 0.4) is 0 Å². The Bertz CT molecular complexity index is 835. The summed E-state index contributed by atoms with van der Waals surface area (Å²) in [4.78, 5) is 39.3. The Kier molecular flexibility index (Phi) is 4.09. The normalized spacial score (nSPS) is 15.0. The van der Waals surface area contributed by atoms with Crippen molar-refractivity contribution in [3.8, 4) is 0 Å². The van der Waals surface area contributed by atoms with Gasteiger partial charge in [0.05, 0.1) is 11.1 Å². The number of hydrogen-bond acceptors (Lipinski definition) is 3. The molecule has 126 valence electrons. The molecule has 1 aliphatic heterocycles. The number of amides is 2. The summed E-state index contributed by atoms with van der Waals surface area (Å²) in [6.45, 7) is 4.67. The van der Waals surface area contributed by atoms with Gasteiger partial charge in [0.1, 0.15) is 5.82 Å². The smallest absolute Gasteiger partial charge is 0.256 e. The van der Waals surface area contributed by atoms with Gasteiger partial charge < -0.3 is 9.80 Å². The van der Waals surface area contributed by atoms with Crippen LogP contribution in [-0.4, -0.2) is 58.3 Å². The lowest BCUT2D eigenvalue weighted by Gasteiger charge is -2.34. The maximum atomic E-state index is 13.6. The topological polar surface area (TPSA) is 62.6 Å². The van der Waals surface area contributed by atoms with Gasteiger partial charge in [0.25, 0.3) is 5.91 Å². The van der Waals surface area contributed by atoms with E-state index in [4.69, 9.17) is 0 Å². The third-order valence-electron chi connectivity index (χ3n) is 4.35. The molecule has 0 unspecified atom stereocenters. The first-order chi connectivity index (χ1) is 11.4. The molecular weight excluding hydrogens is 313 g/mol. The van der Waals surface area contributed by atoms with Gasteiger partial charge in [-0.3, -0.25) is 19.0 Å². The molecule has 0 aliphatic carbocycles. The van der Waals surface area contributed by atoms with E-state index in [2.05, 4.69) is 0 Å². The monoisotopic (exact) mass is 331 g/mol. The molecule has 2 aromatic rings. The molecule has 0 radical (unpaired) electrons. The molecule has 1 aliphatic rings. The lowest BCUT2D eigenvalue weighted by molar-refractivity contribution is -0.130. The van der Waals surface area contributed by atoms with E-state index in [0.29, 0.717) is 42.6 Å². The fourth-order valence-corrected chi connectivity index (χ4v) is 3.03. The molecule has 1 aromatic heterocycles. The van der Waals surface area contributed by atoms with Crippen LogP contribution in [0.25, 0.3) is 10.9 Å². The molecule has 1 aromatic carbocycles. The van der Waals surface area contributed by atoms with Crippen LogP contribution < -0.4 is 0 Å². The first kappa shape index (κ1) is 16.2. The molecule has 6 nitrogen and oxygen atoms in total. The number of carbonyl (C=O) groups excluding carboxylic acids is 3. The van der Waals surface area contributed by atoms with Crippen molar-refractivity contribution < 1.29 is 18.8 Å². The maximum absolute atomic E-state index is 13.6.